The first-order chi connectivity index (χ1) is 5.39. The maximum Gasteiger partial charge on any atom is 0.0152 e. The summed E-state index contributed by atoms with van der Waals surface area (Å²) in [7, 11) is 2.06. The molecule has 1 N–H and O–H groups in total. The number of nitrogens with one attached hydrogen (secondary N) is 1. The van der Waals surface area contributed by atoms with E-state index in [1.807, 2.05) is 0 Å². The molecule has 0 saturated heterocycles. The maximum atomic E-state index is 3.42. The Hall–Kier alpha value is -0.0400. The molecule has 0 bridgehead atoms. The summed E-state index contributed by atoms with van der Waals surface area (Å²) >= 11 is 0. The Morgan fingerprint density at radius 2 is 1.50 bits per heavy atom. The van der Waals surface area contributed by atoms with Crippen LogP contribution < -0.4 is 5.32 Å². The fourth-order valence-corrected chi connectivity index (χ4v) is 1.57. The quantitative estimate of drug-likeness (QED) is 0.670. The van der Waals surface area contributed by atoms with E-state index in [0.717, 1.165) is 0 Å². The van der Waals surface area contributed by atoms with Crippen molar-refractivity contribution in [1.29, 1.82) is 0 Å². The summed E-state index contributed by atoms with van der Waals surface area (Å²) in [5, 5.41) is 3.42. The van der Waals surface area contributed by atoms with Crippen LogP contribution in [0.4, 0.5) is 0 Å². The average Bonchev–Trinajstić information content (AvgIpc) is 2.04. The van der Waals surface area contributed by atoms with Gasteiger partial charge in [-0.1, -0.05) is 34.1 Å². The van der Waals surface area contributed by atoms with Gasteiger partial charge in [0.25, 0.3) is 0 Å². The van der Waals surface area contributed by atoms with Gasteiger partial charge in [-0.25, -0.2) is 0 Å². The lowest BCUT2D eigenvalue weighted by molar-refractivity contribution is 0.205. The van der Waals surface area contributed by atoms with Gasteiger partial charge in [0.05, 0.1) is 0 Å². The molecule has 0 aromatic carbocycles. The van der Waals surface area contributed by atoms with Crippen molar-refractivity contribution in [1.82, 2.24) is 5.32 Å². The number of hydrogen-bond donors (Lipinski definition) is 1. The Labute approximate surface area is 77.9 Å². The predicted molar refractivity (Wildman–Crippen MR) is 56.4 cm³/mol. The molecule has 0 aliphatic heterocycles. The van der Waals surface area contributed by atoms with Crippen LogP contribution in [0.5, 0.6) is 0 Å². The van der Waals surface area contributed by atoms with Crippen LogP contribution in [0, 0.1) is 5.41 Å². The lowest BCUT2D eigenvalue weighted by atomic mass is 9.76. The Bertz CT molecular complexity index is 123. The van der Waals surface area contributed by atoms with Gasteiger partial charge in [-0.05, 0) is 32.2 Å². The van der Waals surface area contributed by atoms with Crippen LogP contribution in [0.15, 0.2) is 0 Å². The molecule has 74 valence electrons. The SMILES string of the molecule is CCC(C)(C)CC(C)(CC)NC. The Balaban J connectivity index is 4.20. The molecule has 1 unspecified atom stereocenters. The zero-order valence-electron chi connectivity index (χ0n) is 9.62. The molecule has 0 amide bonds. The zero-order valence-corrected chi connectivity index (χ0v) is 9.62. The molecule has 12 heavy (non-hydrogen) atoms. The summed E-state index contributed by atoms with van der Waals surface area (Å²) in [5.74, 6) is 0. The largest absolute Gasteiger partial charge is 0.315 e. The molecule has 0 aromatic rings. The van der Waals surface area contributed by atoms with E-state index in [4.69, 9.17) is 0 Å². The highest BCUT2D eigenvalue weighted by atomic mass is 14.9. The zero-order chi connectivity index (χ0) is 9.83. The van der Waals surface area contributed by atoms with Gasteiger partial charge in [-0.2, -0.15) is 0 Å². The highest BCUT2D eigenvalue weighted by Crippen LogP contribution is 2.32. The van der Waals surface area contributed by atoms with Gasteiger partial charge in [-0.15, -0.1) is 0 Å². The molecule has 0 aliphatic rings. The minimum Gasteiger partial charge on any atom is -0.315 e. The van der Waals surface area contributed by atoms with E-state index in [0.29, 0.717) is 11.0 Å². The molecule has 1 atom stereocenters. The lowest BCUT2D eigenvalue weighted by Crippen LogP contribution is -2.42. The van der Waals surface area contributed by atoms with Gasteiger partial charge >= 0.3 is 0 Å². The summed E-state index contributed by atoms with van der Waals surface area (Å²) in [6.07, 6.45) is 3.71. The fraction of sp³-hybridized carbons (Fsp3) is 1.00. The van der Waals surface area contributed by atoms with E-state index in [1.54, 1.807) is 0 Å². The van der Waals surface area contributed by atoms with Crippen molar-refractivity contribution in [3.63, 3.8) is 0 Å². The van der Waals surface area contributed by atoms with Gasteiger partial charge in [-0.3, -0.25) is 0 Å². The van der Waals surface area contributed by atoms with Crippen LogP contribution in [0.2, 0.25) is 0 Å². The molecule has 1 nitrogen and oxygen atoms in total. The summed E-state index contributed by atoms with van der Waals surface area (Å²) in [6.45, 7) is 11.5. The Morgan fingerprint density at radius 1 is 1.00 bits per heavy atom. The van der Waals surface area contributed by atoms with Crippen molar-refractivity contribution in [3.8, 4) is 0 Å². The molecule has 0 saturated carbocycles. The molecule has 0 rings (SSSR count). The van der Waals surface area contributed by atoms with E-state index in [2.05, 4.69) is 47.0 Å². The molecular formula is C11H25N. The molecule has 0 spiro atoms. The minimum absolute atomic E-state index is 0.319. The minimum atomic E-state index is 0.319. The van der Waals surface area contributed by atoms with E-state index in [9.17, 15) is 0 Å². The first kappa shape index (κ1) is 12.0. The molecule has 0 aliphatic carbocycles. The van der Waals surface area contributed by atoms with Crippen LogP contribution in [0.3, 0.4) is 0 Å². The first-order valence-corrected chi connectivity index (χ1v) is 5.08. The van der Waals surface area contributed by atoms with Crippen molar-refractivity contribution < 1.29 is 0 Å². The monoisotopic (exact) mass is 171 g/mol. The van der Waals surface area contributed by atoms with Crippen molar-refractivity contribution in [2.75, 3.05) is 7.05 Å². The van der Waals surface area contributed by atoms with Gasteiger partial charge < -0.3 is 5.32 Å². The summed E-state index contributed by atoms with van der Waals surface area (Å²) in [5.41, 5.74) is 0.785. The topological polar surface area (TPSA) is 12.0 Å². The molecular weight excluding hydrogens is 146 g/mol. The van der Waals surface area contributed by atoms with E-state index < -0.39 is 0 Å². The third-order valence-electron chi connectivity index (χ3n) is 3.21. The standard InChI is InChI=1S/C11H25N/c1-7-10(3,4)9-11(5,8-2)12-6/h12H,7-9H2,1-6H3. The first-order valence-electron chi connectivity index (χ1n) is 5.08. The van der Waals surface area contributed by atoms with Crippen LogP contribution in [-0.4, -0.2) is 12.6 Å². The normalized spacial score (nSPS) is 17.5. The van der Waals surface area contributed by atoms with Crippen LogP contribution in [-0.2, 0) is 0 Å². The summed E-state index contributed by atoms with van der Waals surface area (Å²) < 4.78 is 0. The van der Waals surface area contributed by atoms with E-state index >= 15 is 0 Å². The van der Waals surface area contributed by atoms with Gasteiger partial charge in [0.1, 0.15) is 0 Å². The number of rotatable bonds is 5. The summed E-state index contributed by atoms with van der Waals surface area (Å²) in [4.78, 5) is 0. The molecule has 1 heteroatoms. The molecule has 0 heterocycles. The Morgan fingerprint density at radius 3 is 1.75 bits per heavy atom. The van der Waals surface area contributed by atoms with Gasteiger partial charge in [0.15, 0.2) is 0 Å². The van der Waals surface area contributed by atoms with E-state index in [1.165, 1.54) is 19.3 Å². The van der Waals surface area contributed by atoms with Crippen molar-refractivity contribution >= 4 is 0 Å². The molecule has 0 aromatic heterocycles. The summed E-state index contributed by atoms with van der Waals surface area (Å²) in [6, 6.07) is 0. The third kappa shape index (κ3) is 3.57. The smallest absolute Gasteiger partial charge is 0.0152 e. The fourth-order valence-electron chi connectivity index (χ4n) is 1.57. The van der Waals surface area contributed by atoms with E-state index in [-0.39, 0.29) is 0 Å². The average molecular weight is 171 g/mol. The lowest BCUT2D eigenvalue weighted by Gasteiger charge is -2.36. The van der Waals surface area contributed by atoms with Gasteiger partial charge in [0.2, 0.25) is 0 Å². The van der Waals surface area contributed by atoms with Crippen LogP contribution in [0.25, 0.3) is 0 Å². The highest BCUT2D eigenvalue weighted by Gasteiger charge is 2.28. The van der Waals surface area contributed by atoms with Crippen LogP contribution >= 0.6 is 0 Å². The van der Waals surface area contributed by atoms with Crippen molar-refractivity contribution in [2.24, 2.45) is 5.41 Å². The van der Waals surface area contributed by atoms with Crippen molar-refractivity contribution in [2.45, 2.75) is 59.4 Å². The molecule has 0 radical (unpaired) electrons. The number of hydrogen-bond acceptors (Lipinski definition) is 1. The van der Waals surface area contributed by atoms with Crippen molar-refractivity contribution in [3.05, 3.63) is 0 Å². The maximum absolute atomic E-state index is 3.42. The molecule has 0 fully saturated rings. The Kier molecular flexibility index (Phi) is 4.25. The second kappa shape index (κ2) is 4.27. The highest BCUT2D eigenvalue weighted by molar-refractivity contribution is 4.86. The van der Waals surface area contributed by atoms with Gasteiger partial charge in [0, 0.05) is 5.54 Å². The predicted octanol–water partition coefficient (Wildman–Crippen LogP) is 3.20. The van der Waals surface area contributed by atoms with Crippen LogP contribution in [0.1, 0.15) is 53.9 Å². The third-order valence-corrected chi connectivity index (χ3v) is 3.21. The second-order valence-corrected chi connectivity index (χ2v) is 4.86. The second-order valence-electron chi connectivity index (χ2n) is 4.86.